The molecule has 404 valence electrons. The summed E-state index contributed by atoms with van der Waals surface area (Å²) in [6, 6.07) is 33.4. The van der Waals surface area contributed by atoms with E-state index in [1.807, 2.05) is 13.8 Å². The minimum atomic E-state index is -5.46. The Hall–Kier alpha value is -5.19. The van der Waals surface area contributed by atoms with Crippen molar-refractivity contribution in [2.45, 2.75) is 117 Å². The van der Waals surface area contributed by atoms with Gasteiger partial charge >= 0.3 is 0 Å². The quantitative estimate of drug-likeness (QED) is 0.0232. The smallest absolute Gasteiger partial charge is 0.282 e. The number of hydrogen-bond donors (Lipinski definition) is 7. The first-order valence-electron chi connectivity index (χ1n) is 23.1. The van der Waals surface area contributed by atoms with Crippen molar-refractivity contribution >= 4 is 60.2 Å². The lowest BCUT2D eigenvalue weighted by molar-refractivity contribution is 0.392. The Labute approximate surface area is 438 Å². The molecule has 6 aromatic carbocycles. The van der Waals surface area contributed by atoms with Crippen LogP contribution in [0.4, 0.5) is 0 Å². The molecule has 6 rings (SSSR count). The van der Waals surface area contributed by atoms with Gasteiger partial charge in [0, 0.05) is 0 Å². The highest BCUT2D eigenvalue weighted by molar-refractivity contribution is 8.11. The Morgan fingerprint density at radius 3 is 0.787 bits per heavy atom. The molecule has 0 aliphatic rings. The average molecular weight is 1150 g/mol. The van der Waals surface area contributed by atoms with Gasteiger partial charge in [-0.3, -0.25) is 31.9 Å². The maximum absolute atomic E-state index is 12.8. The molecule has 18 nitrogen and oxygen atoms in total. The van der Waals surface area contributed by atoms with Crippen LogP contribution in [0.5, 0.6) is 0 Å². The molecule has 6 aromatic rings. The molecule has 0 aliphatic carbocycles. The van der Waals surface area contributed by atoms with Crippen LogP contribution in [-0.4, -0.2) is 78.2 Å². The van der Waals surface area contributed by atoms with Gasteiger partial charge in [-0.25, -0.2) is 0 Å². The molecule has 75 heavy (non-hydrogen) atoms. The molecule has 0 spiro atoms. The lowest BCUT2D eigenvalue weighted by atomic mass is 9.72. The van der Waals surface area contributed by atoms with Gasteiger partial charge in [0.25, 0.3) is 50.6 Å². The summed E-state index contributed by atoms with van der Waals surface area (Å²) in [4.78, 5) is -2.21. The predicted octanol–water partition coefficient (Wildman–Crippen LogP) is 10.2. The van der Waals surface area contributed by atoms with Crippen LogP contribution >= 0.6 is 0 Å². The third-order valence-corrected chi connectivity index (χ3v) is 19.1. The molecule has 6 unspecified atom stereocenters. The fourth-order valence-electron chi connectivity index (χ4n) is 9.58. The first-order chi connectivity index (χ1) is 34.6. The topological polar surface area (TPSA) is 329 Å². The van der Waals surface area contributed by atoms with E-state index in [9.17, 15) is 78.2 Å². The molecule has 0 bridgehead atoms. The van der Waals surface area contributed by atoms with Crippen LogP contribution in [0.3, 0.4) is 0 Å². The van der Waals surface area contributed by atoms with Gasteiger partial charge in [-0.15, -0.1) is 0 Å². The average Bonchev–Trinajstić information content (AvgIpc) is 3.32. The fourth-order valence-corrected chi connectivity index (χ4v) is 12.7. The molecule has 0 saturated carbocycles. The van der Waals surface area contributed by atoms with Gasteiger partial charge in [0.15, 0.2) is 6.26 Å². The fraction of sp³-hybridized carbons (Fsp3) is 0.275. The van der Waals surface area contributed by atoms with Crippen LogP contribution in [0.25, 0.3) is 0 Å². The highest BCUT2D eigenvalue weighted by Gasteiger charge is 2.35. The maximum atomic E-state index is 12.8. The molecule has 0 amide bonds. The summed E-state index contributed by atoms with van der Waals surface area (Å²) in [5.74, 6) is -2.78. The molecule has 6 atom stereocenters. The van der Waals surface area contributed by atoms with E-state index in [-0.39, 0.29) is 50.7 Å². The van der Waals surface area contributed by atoms with Crippen molar-refractivity contribution in [1.82, 2.24) is 0 Å². The molecule has 7 N–H and O–H groups in total. The normalized spacial score (nSPS) is 15.9. The van der Waals surface area contributed by atoms with Crippen molar-refractivity contribution in [3.63, 3.8) is 0 Å². The van der Waals surface area contributed by atoms with Crippen LogP contribution in [-0.2, 0) is 60.2 Å². The Morgan fingerprint density at radius 2 is 0.560 bits per heavy atom. The van der Waals surface area contributed by atoms with E-state index in [0.29, 0.717) is 52.6 Å². The molecular weight excluding hydrogens is 1090 g/mol. The van der Waals surface area contributed by atoms with Crippen molar-refractivity contribution in [2.24, 2.45) is 0 Å². The maximum Gasteiger partial charge on any atom is 0.294 e. The summed E-state index contributed by atoms with van der Waals surface area (Å²) in [5, 5.41) is 0. The van der Waals surface area contributed by atoms with E-state index in [2.05, 4.69) is 6.26 Å². The zero-order valence-corrected chi connectivity index (χ0v) is 45.2. The van der Waals surface area contributed by atoms with Gasteiger partial charge in [0.2, 0.25) is 9.63 Å². The Balaban J connectivity index is 1.53. The lowest BCUT2D eigenvalue weighted by Crippen LogP contribution is -2.26. The van der Waals surface area contributed by atoms with Gasteiger partial charge in [-0.1, -0.05) is 86.6 Å². The standard InChI is InChI=1S/C51H56O18S6/c1-4-35(37-7-19-47(20-8-37)71(55,56)57)30-43(38-9-21-48(22-10-38)72(58,59)60)32-45(40-13-25-50(26-14-40)74(64,65)66)33-44(39-11-23-49(24-12-39)73(61,62)63)31-42(41-15-27-51(28-16-41)75(3,67,68)69)29-34(2)36-5-17-46(18-6-36)70(52,53)54/h5-28,34-35,42-45H,3-4,29-33H2,1-2H3,(H6-,52,53,54,55,56,57,58,59,60,61,62,63,64,65,66,67,68,69)/p+1. The summed E-state index contributed by atoms with van der Waals surface area (Å²) in [7, 11) is -28.5. The van der Waals surface area contributed by atoms with Crippen molar-refractivity contribution in [3.05, 3.63) is 185 Å². The molecule has 0 radical (unpaired) electrons. The highest BCUT2D eigenvalue weighted by Crippen LogP contribution is 2.47. The molecule has 0 fully saturated rings. The third kappa shape index (κ3) is 15.9. The van der Waals surface area contributed by atoms with Gasteiger partial charge < -0.3 is 0 Å². The SMILES string of the molecule is [CH2+]S(=O)(O)(O)c1ccc(C(CC(C)c2ccc(S(=O)(=O)O)cc2)CC(CC(CC(CC(CC)c2ccc(S(=O)(=O)O)cc2)c2ccc(S(=O)(=O)O)cc2)c2ccc(S(=O)(=O)O)cc2)c2ccc(S(=O)(=O)O)cc2)cc1. The Bertz CT molecular complexity index is 3610. The summed E-state index contributed by atoms with van der Waals surface area (Å²) in [6.07, 6.45) is 4.92. The first-order valence-corrected chi connectivity index (χ1v) is 32.3. The second-order valence-corrected chi connectivity index (χ2v) is 28.4. The first kappa shape index (κ1) is 59.1. The second kappa shape index (κ2) is 22.4. The van der Waals surface area contributed by atoms with Gasteiger partial charge in [0.1, 0.15) is 4.90 Å². The van der Waals surface area contributed by atoms with Crippen molar-refractivity contribution < 1.29 is 78.2 Å². The van der Waals surface area contributed by atoms with Gasteiger partial charge in [0.05, 0.1) is 24.5 Å². The molecule has 0 aromatic heterocycles. The van der Waals surface area contributed by atoms with E-state index < -0.39 is 93.7 Å². The van der Waals surface area contributed by atoms with E-state index in [0.717, 1.165) is 0 Å². The minimum absolute atomic E-state index is 0.199. The molecule has 24 heteroatoms. The van der Waals surface area contributed by atoms with Crippen LogP contribution in [0.1, 0.15) is 121 Å². The summed E-state index contributed by atoms with van der Waals surface area (Å²) in [5.41, 5.74) is 3.73. The monoisotopic (exact) mass is 1150 g/mol. The van der Waals surface area contributed by atoms with Crippen molar-refractivity contribution in [3.8, 4) is 0 Å². The second-order valence-electron chi connectivity index (χ2n) is 18.8. The van der Waals surface area contributed by atoms with Crippen LogP contribution in [0.15, 0.2) is 175 Å². The van der Waals surface area contributed by atoms with Crippen molar-refractivity contribution in [2.75, 3.05) is 0 Å². The van der Waals surface area contributed by atoms with Crippen LogP contribution < -0.4 is 0 Å². The van der Waals surface area contributed by atoms with E-state index >= 15 is 0 Å². The van der Waals surface area contributed by atoms with E-state index in [1.165, 1.54) is 97.1 Å². The molecule has 0 aliphatic heterocycles. The zero-order chi connectivity index (χ0) is 55.6. The largest absolute Gasteiger partial charge is 0.294 e. The zero-order valence-electron chi connectivity index (χ0n) is 40.3. The minimum Gasteiger partial charge on any atom is -0.282 e. The predicted molar refractivity (Wildman–Crippen MR) is 280 cm³/mol. The van der Waals surface area contributed by atoms with Crippen molar-refractivity contribution in [1.29, 1.82) is 0 Å². The van der Waals surface area contributed by atoms with E-state index in [1.54, 1.807) is 48.5 Å². The van der Waals surface area contributed by atoms with Crippen LogP contribution in [0, 0.1) is 6.26 Å². The number of rotatable bonds is 23. The molecular formula is C51H57O18S6+. The number of hydrogen-bond acceptors (Lipinski definition) is 11. The highest BCUT2D eigenvalue weighted by atomic mass is 32.3. The summed E-state index contributed by atoms with van der Waals surface area (Å²) < 4.78 is 204. The lowest BCUT2D eigenvalue weighted by Gasteiger charge is -2.33. The Kier molecular flexibility index (Phi) is 17.7. The van der Waals surface area contributed by atoms with Gasteiger partial charge in [-0.05, 0) is 180 Å². The Morgan fingerprint density at radius 1 is 0.360 bits per heavy atom. The molecule has 0 heterocycles. The van der Waals surface area contributed by atoms with Crippen LogP contribution in [0.2, 0.25) is 0 Å². The van der Waals surface area contributed by atoms with E-state index in [4.69, 9.17) is 0 Å². The summed E-state index contributed by atoms with van der Waals surface area (Å²) in [6.45, 7) is 3.78. The number of benzene rings is 6. The third-order valence-electron chi connectivity index (χ3n) is 13.6. The van der Waals surface area contributed by atoms with Gasteiger partial charge in [-0.2, -0.15) is 46.3 Å². The summed E-state index contributed by atoms with van der Waals surface area (Å²) >= 11 is 0. The molecule has 0 saturated heterocycles.